The summed E-state index contributed by atoms with van der Waals surface area (Å²) in [6, 6.07) is 8.95. The third kappa shape index (κ3) is 3.21. The number of nitrogens with two attached hydrogens (primary N) is 1. The van der Waals surface area contributed by atoms with Crippen LogP contribution in [0.5, 0.6) is 0 Å². The highest BCUT2D eigenvalue weighted by Crippen LogP contribution is 2.48. The maximum Gasteiger partial charge on any atom is 0.161 e. The van der Waals surface area contributed by atoms with Crippen molar-refractivity contribution in [2.45, 2.75) is 39.0 Å². The molecular weight excluding hydrogens is 453 g/mol. The molecule has 4 rings (SSSR count). The molecule has 0 radical (unpaired) electrons. The number of rotatable bonds is 2. The van der Waals surface area contributed by atoms with Gasteiger partial charge in [-0.15, -0.1) is 11.3 Å². The van der Waals surface area contributed by atoms with Gasteiger partial charge in [-0.25, -0.2) is 4.39 Å². The number of ketones is 1. The molecule has 1 aliphatic carbocycles. The van der Waals surface area contributed by atoms with Gasteiger partial charge >= 0.3 is 0 Å². The predicted octanol–water partition coefficient (Wildman–Crippen LogP) is 5.57. The third-order valence-electron chi connectivity index (χ3n) is 5.45. The van der Waals surface area contributed by atoms with E-state index in [1.807, 2.05) is 19.9 Å². The van der Waals surface area contributed by atoms with Crippen molar-refractivity contribution in [1.29, 1.82) is 5.26 Å². The summed E-state index contributed by atoms with van der Waals surface area (Å²) >= 11 is 4.90. The number of hydrogen-bond donors (Lipinski definition) is 1. The van der Waals surface area contributed by atoms with Gasteiger partial charge in [-0.05, 0) is 56.5 Å². The van der Waals surface area contributed by atoms with E-state index in [4.69, 9.17) is 5.73 Å². The number of aryl methyl sites for hydroxylation is 2. The number of anilines is 1. The van der Waals surface area contributed by atoms with Crippen molar-refractivity contribution < 1.29 is 9.18 Å². The van der Waals surface area contributed by atoms with Crippen LogP contribution in [-0.4, -0.2) is 5.78 Å². The molecular formula is C22H19BrFN3OS. The van der Waals surface area contributed by atoms with Crippen molar-refractivity contribution in [2.75, 3.05) is 4.90 Å². The first-order valence-electron chi connectivity index (χ1n) is 9.31. The standard InChI is InChI=1S/C22H19BrFN3OS/c1-11-8-14(12(2)29-11)20-15(10-25)22(26)27(17-7-6-13(23)9-16(17)24)18-4-3-5-19(28)21(18)20/h6-9,20H,3-5,26H2,1-2H3/t20-/m1/s1. The molecule has 0 saturated heterocycles. The maximum atomic E-state index is 14.8. The summed E-state index contributed by atoms with van der Waals surface area (Å²) in [5, 5.41) is 10.00. The molecule has 2 aliphatic rings. The van der Waals surface area contributed by atoms with Crippen molar-refractivity contribution in [3.05, 3.63) is 72.5 Å². The SMILES string of the molecule is Cc1cc([C@@H]2C(C#N)=C(N)N(c3ccc(Br)cc3F)C3=C2C(=O)CCC3)c(C)s1. The molecule has 0 saturated carbocycles. The predicted molar refractivity (Wildman–Crippen MR) is 116 cm³/mol. The zero-order valence-corrected chi connectivity index (χ0v) is 18.5. The minimum atomic E-state index is -0.498. The summed E-state index contributed by atoms with van der Waals surface area (Å²) in [4.78, 5) is 16.8. The molecule has 0 fully saturated rings. The average Bonchev–Trinajstić information content (AvgIpc) is 3.00. The highest BCUT2D eigenvalue weighted by Gasteiger charge is 2.41. The molecule has 29 heavy (non-hydrogen) atoms. The van der Waals surface area contributed by atoms with Crippen LogP contribution in [0.2, 0.25) is 0 Å². The van der Waals surface area contributed by atoms with E-state index in [-0.39, 0.29) is 17.3 Å². The summed E-state index contributed by atoms with van der Waals surface area (Å²) in [5.74, 6) is -0.772. The Balaban J connectivity index is 2.01. The van der Waals surface area contributed by atoms with Gasteiger partial charge in [0.15, 0.2) is 5.78 Å². The second-order valence-corrected chi connectivity index (χ2v) is 9.66. The molecule has 148 valence electrons. The quantitative estimate of drug-likeness (QED) is 0.621. The molecule has 2 heterocycles. The van der Waals surface area contributed by atoms with E-state index in [1.54, 1.807) is 28.4 Å². The second-order valence-electron chi connectivity index (χ2n) is 7.28. The molecule has 4 nitrogen and oxygen atoms in total. The van der Waals surface area contributed by atoms with E-state index < -0.39 is 11.7 Å². The number of benzene rings is 1. The Morgan fingerprint density at radius 1 is 1.31 bits per heavy atom. The van der Waals surface area contributed by atoms with Crippen LogP contribution in [0.25, 0.3) is 0 Å². The summed E-state index contributed by atoms with van der Waals surface area (Å²) in [5.41, 5.74) is 9.22. The van der Waals surface area contributed by atoms with E-state index >= 15 is 0 Å². The van der Waals surface area contributed by atoms with Crippen molar-refractivity contribution in [1.82, 2.24) is 0 Å². The van der Waals surface area contributed by atoms with Gasteiger partial charge in [0.2, 0.25) is 0 Å². The molecule has 1 aromatic heterocycles. The smallest absolute Gasteiger partial charge is 0.161 e. The molecule has 0 spiro atoms. The Morgan fingerprint density at radius 2 is 2.07 bits per heavy atom. The number of nitriles is 1. The van der Waals surface area contributed by atoms with Crippen LogP contribution < -0.4 is 10.6 Å². The van der Waals surface area contributed by atoms with E-state index in [2.05, 4.69) is 22.0 Å². The fraction of sp³-hybridized carbons (Fsp3) is 0.273. The van der Waals surface area contributed by atoms with Crippen molar-refractivity contribution in [2.24, 2.45) is 5.73 Å². The highest BCUT2D eigenvalue weighted by atomic mass is 79.9. The lowest BCUT2D eigenvalue weighted by Gasteiger charge is -2.39. The fourth-order valence-electron chi connectivity index (χ4n) is 4.27. The molecule has 0 unspecified atom stereocenters. The van der Waals surface area contributed by atoms with E-state index in [1.165, 1.54) is 6.07 Å². The molecule has 2 N–H and O–H groups in total. The van der Waals surface area contributed by atoms with Crippen LogP contribution in [0.3, 0.4) is 0 Å². The molecule has 1 aliphatic heterocycles. The highest BCUT2D eigenvalue weighted by molar-refractivity contribution is 9.10. The number of nitrogens with zero attached hydrogens (tertiary/aromatic N) is 2. The topological polar surface area (TPSA) is 70.1 Å². The number of Topliss-reactive ketones (excluding diaryl/α,β-unsaturated/α-hetero) is 1. The summed E-state index contributed by atoms with van der Waals surface area (Å²) < 4.78 is 15.5. The summed E-state index contributed by atoms with van der Waals surface area (Å²) in [7, 11) is 0. The Bertz CT molecular complexity index is 1140. The summed E-state index contributed by atoms with van der Waals surface area (Å²) in [6.45, 7) is 4.00. The minimum Gasteiger partial charge on any atom is -0.384 e. The molecule has 1 aromatic carbocycles. The van der Waals surface area contributed by atoms with Crippen LogP contribution in [0.1, 0.15) is 40.5 Å². The van der Waals surface area contributed by atoms with Crippen LogP contribution in [-0.2, 0) is 4.79 Å². The van der Waals surface area contributed by atoms with Gasteiger partial charge < -0.3 is 5.73 Å². The van der Waals surface area contributed by atoms with E-state index in [0.717, 1.165) is 15.3 Å². The normalized spacial score (nSPS) is 19.5. The van der Waals surface area contributed by atoms with E-state index in [0.29, 0.717) is 40.6 Å². The summed E-state index contributed by atoms with van der Waals surface area (Å²) in [6.07, 6.45) is 1.71. The van der Waals surface area contributed by atoms with Crippen LogP contribution >= 0.6 is 27.3 Å². The number of halogens is 2. The largest absolute Gasteiger partial charge is 0.384 e. The maximum absolute atomic E-state index is 14.8. The number of allylic oxidation sites excluding steroid dienone is 3. The molecule has 7 heteroatoms. The lowest BCUT2D eigenvalue weighted by atomic mass is 9.75. The van der Waals surface area contributed by atoms with Gasteiger partial charge in [0.25, 0.3) is 0 Å². The van der Waals surface area contributed by atoms with Gasteiger partial charge in [0.1, 0.15) is 11.6 Å². The number of carbonyl (C=O) groups is 1. The zero-order chi connectivity index (χ0) is 20.9. The second kappa shape index (κ2) is 7.43. The average molecular weight is 472 g/mol. The van der Waals surface area contributed by atoms with Crippen molar-refractivity contribution in [3.63, 3.8) is 0 Å². The third-order valence-corrected chi connectivity index (χ3v) is 6.93. The van der Waals surface area contributed by atoms with Gasteiger partial charge in [-0.3, -0.25) is 9.69 Å². The van der Waals surface area contributed by atoms with Crippen molar-refractivity contribution >= 4 is 38.7 Å². The van der Waals surface area contributed by atoms with E-state index in [9.17, 15) is 14.4 Å². The van der Waals surface area contributed by atoms with Crippen LogP contribution in [0, 0.1) is 31.0 Å². The number of carbonyl (C=O) groups excluding carboxylic acids is 1. The minimum absolute atomic E-state index is 0.00210. The number of hydrogen-bond acceptors (Lipinski definition) is 5. The molecule has 2 aromatic rings. The van der Waals surface area contributed by atoms with Gasteiger partial charge in [-0.2, -0.15) is 5.26 Å². The molecule has 0 amide bonds. The molecule has 0 bridgehead atoms. The van der Waals surface area contributed by atoms with Gasteiger partial charge in [0.05, 0.1) is 23.2 Å². The lowest BCUT2D eigenvalue weighted by molar-refractivity contribution is -0.116. The Hall–Kier alpha value is -2.43. The number of thiophene rings is 1. The first-order chi connectivity index (χ1) is 13.8. The van der Waals surface area contributed by atoms with Crippen LogP contribution in [0.4, 0.5) is 10.1 Å². The van der Waals surface area contributed by atoms with Crippen molar-refractivity contribution in [3.8, 4) is 6.07 Å². The van der Waals surface area contributed by atoms with Gasteiger partial charge in [0, 0.05) is 31.9 Å². The molecule has 1 atom stereocenters. The van der Waals surface area contributed by atoms with Crippen LogP contribution in [0.15, 0.2) is 51.4 Å². The lowest BCUT2D eigenvalue weighted by Crippen LogP contribution is -2.39. The Labute approximate surface area is 181 Å². The van der Waals surface area contributed by atoms with Gasteiger partial charge in [-0.1, -0.05) is 15.9 Å². The monoisotopic (exact) mass is 471 g/mol. The Morgan fingerprint density at radius 3 is 2.69 bits per heavy atom. The first kappa shape index (κ1) is 19.9. The fourth-order valence-corrected chi connectivity index (χ4v) is 5.57. The zero-order valence-electron chi connectivity index (χ0n) is 16.1. The Kier molecular flexibility index (Phi) is 5.09. The first-order valence-corrected chi connectivity index (χ1v) is 10.9.